The quantitative estimate of drug-likeness (QED) is 0.262. The summed E-state index contributed by atoms with van der Waals surface area (Å²) in [5.74, 6) is -1.98. The average molecular weight is 511 g/mol. The van der Waals surface area contributed by atoms with E-state index in [9.17, 15) is 18.8 Å². The van der Waals surface area contributed by atoms with Crippen LogP contribution in [0.3, 0.4) is 0 Å². The number of hydrogen-bond acceptors (Lipinski definition) is 7. The van der Waals surface area contributed by atoms with Gasteiger partial charge < -0.3 is 9.15 Å². The maximum atomic E-state index is 13.9. The topological polar surface area (TPSA) is 89.7 Å². The maximum Gasteiger partial charge on any atom is 0.350 e. The van der Waals surface area contributed by atoms with Gasteiger partial charge in [-0.1, -0.05) is 47.7 Å². The van der Waals surface area contributed by atoms with E-state index >= 15 is 0 Å². The molecule has 10 heteroatoms. The molecule has 1 amide bonds. The zero-order valence-corrected chi connectivity index (χ0v) is 19.8. The molecule has 5 rings (SSSR count). The van der Waals surface area contributed by atoms with Gasteiger partial charge in [0.2, 0.25) is 5.76 Å². The first-order valence-electron chi connectivity index (χ1n) is 10.4. The van der Waals surface area contributed by atoms with Crippen LogP contribution in [0, 0.1) is 12.7 Å². The molecular formula is C25H16ClFN2O5S. The van der Waals surface area contributed by atoms with Crippen molar-refractivity contribution < 1.29 is 23.1 Å². The third-order valence-corrected chi connectivity index (χ3v) is 6.92. The van der Waals surface area contributed by atoms with Crippen molar-refractivity contribution in [1.29, 1.82) is 0 Å². The Morgan fingerprint density at radius 3 is 2.74 bits per heavy atom. The van der Waals surface area contributed by atoms with E-state index in [0.717, 1.165) is 23.5 Å². The molecule has 7 nitrogen and oxygen atoms in total. The van der Waals surface area contributed by atoms with Crippen LogP contribution >= 0.6 is 22.9 Å². The van der Waals surface area contributed by atoms with Gasteiger partial charge in [0.1, 0.15) is 22.9 Å². The lowest BCUT2D eigenvalue weighted by Gasteiger charge is -2.22. The third kappa shape index (κ3) is 3.82. The Hall–Kier alpha value is -3.82. The van der Waals surface area contributed by atoms with E-state index < -0.39 is 29.2 Å². The highest BCUT2D eigenvalue weighted by atomic mass is 35.5. The molecule has 1 atom stereocenters. The van der Waals surface area contributed by atoms with Crippen molar-refractivity contribution in [1.82, 2.24) is 4.98 Å². The van der Waals surface area contributed by atoms with Gasteiger partial charge in [0.25, 0.3) is 5.91 Å². The van der Waals surface area contributed by atoms with E-state index in [2.05, 4.69) is 11.6 Å². The highest BCUT2D eigenvalue weighted by Crippen LogP contribution is 2.43. The maximum absolute atomic E-state index is 13.9. The normalized spacial score (nSPS) is 14.9. The molecule has 35 heavy (non-hydrogen) atoms. The molecule has 4 aromatic rings. The van der Waals surface area contributed by atoms with Crippen LogP contribution in [-0.4, -0.2) is 23.5 Å². The lowest BCUT2D eigenvalue weighted by Crippen LogP contribution is -2.29. The first kappa shape index (κ1) is 22.9. The number of benzene rings is 2. The zero-order chi connectivity index (χ0) is 24.9. The molecule has 0 saturated heterocycles. The summed E-state index contributed by atoms with van der Waals surface area (Å²) in [6, 6.07) is 9.22. The summed E-state index contributed by atoms with van der Waals surface area (Å²) in [6.45, 7) is 5.16. The van der Waals surface area contributed by atoms with Gasteiger partial charge in [-0.05, 0) is 42.8 Å². The monoisotopic (exact) mass is 510 g/mol. The van der Waals surface area contributed by atoms with Crippen LogP contribution in [0.5, 0.6) is 0 Å². The number of aryl methyl sites for hydroxylation is 1. The van der Waals surface area contributed by atoms with Crippen LogP contribution in [0.4, 0.5) is 9.52 Å². The lowest BCUT2D eigenvalue weighted by molar-refractivity contribution is 0.0554. The molecule has 0 N–H and O–H groups in total. The smallest absolute Gasteiger partial charge is 0.350 e. The number of rotatable bonds is 5. The van der Waals surface area contributed by atoms with Crippen LogP contribution < -0.4 is 10.3 Å². The summed E-state index contributed by atoms with van der Waals surface area (Å²) in [6.07, 6.45) is 1.44. The second kappa shape index (κ2) is 8.75. The molecule has 3 heterocycles. The minimum atomic E-state index is -0.929. The van der Waals surface area contributed by atoms with E-state index in [1.54, 1.807) is 31.2 Å². The molecule has 2 aromatic carbocycles. The van der Waals surface area contributed by atoms with Gasteiger partial charge in [0.15, 0.2) is 10.6 Å². The summed E-state index contributed by atoms with van der Waals surface area (Å²) in [5, 5.41) is 0.662. The largest absolute Gasteiger partial charge is 0.457 e. The minimum absolute atomic E-state index is 0.0152. The number of carbonyl (C=O) groups excluding carboxylic acids is 2. The molecule has 0 saturated carbocycles. The van der Waals surface area contributed by atoms with Gasteiger partial charge >= 0.3 is 5.97 Å². The van der Waals surface area contributed by atoms with Gasteiger partial charge in [-0.2, -0.15) is 0 Å². The molecule has 1 aliphatic rings. The summed E-state index contributed by atoms with van der Waals surface area (Å²) in [7, 11) is 0. The number of halogens is 2. The fraction of sp³-hybridized carbons (Fsp3) is 0.120. The fourth-order valence-electron chi connectivity index (χ4n) is 3.98. The van der Waals surface area contributed by atoms with E-state index in [0.29, 0.717) is 16.3 Å². The summed E-state index contributed by atoms with van der Waals surface area (Å²) in [4.78, 5) is 45.5. The molecule has 1 aliphatic heterocycles. The zero-order valence-electron chi connectivity index (χ0n) is 18.2. The summed E-state index contributed by atoms with van der Waals surface area (Å²) < 4.78 is 24.9. The van der Waals surface area contributed by atoms with Crippen molar-refractivity contribution >= 4 is 50.9 Å². The Morgan fingerprint density at radius 1 is 1.29 bits per heavy atom. The number of nitrogens with zero attached hydrogens (tertiary/aromatic N) is 2. The van der Waals surface area contributed by atoms with Crippen molar-refractivity contribution in [2.24, 2.45) is 0 Å². The number of ether oxygens (including phenoxy) is 1. The Bertz CT molecular complexity index is 1580. The molecular weight excluding hydrogens is 495 g/mol. The average Bonchev–Trinajstić information content (AvgIpc) is 3.36. The van der Waals surface area contributed by atoms with Crippen molar-refractivity contribution in [3.63, 3.8) is 0 Å². The Labute approximate surface area is 207 Å². The molecule has 1 unspecified atom stereocenters. The van der Waals surface area contributed by atoms with Gasteiger partial charge in [0, 0.05) is 5.02 Å². The number of thiazole rings is 1. The van der Waals surface area contributed by atoms with Crippen molar-refractivity contribution in [3.05, 3.63) is 104 Å². The van der Waals surface area contributed by atoms with Crippen molar-refractivity contribution in [2.45, 2.75) is 13.0 Å². The highest BCUT2D eigenvalue weighted by molar-refractivity contribution is 7.17. The number of aromatic nitrogens is 1. The molecule has 0 radical (unpaired) electrons. The van der Waals surface area contributed by atoms with E-state index in [4.69, 9.17) is 20.8 Å². The summed E-state index contributed by atoms with van der Waals surface area (Å²) >= 11 is 7.02. The second-order valence-electron chi connectivity index (χ2n) is 7.74. The molecule has 176 valence electrons. The third-order valence-electron chi connectivity index (χ3n) is 5.53. The first-order valence-corrected chi connectivity index (χ1v) is 11.6. The minimum Gasteiger partial charge on any atom is -0.457 e. The number of anilines is 1. The molecule has 0 aliphatic carbocycles. The Kier molecular flexibility index (Phi) is 5.74. The van der Waals surface area contributed by atoms with Crippen molar-refractivity contribution in [2.75, 3.05) is 11.5 Å². The fourth-order valence-corrected chi connectivity index (χ4v) is 5.09. The molecule has 0 fully saturated rings. The number of amides is 1. The van der Waals surface area contributed by atoms with Gasteiger partial charge in [-0.25, -0.2) is 14.2 Å². The predicted molar refractivity (Wildman–Crippen MR) is 130 cm³/mol. The standard InChI is InChI=1S/C25H16ClFN2O5S/c1-3-10-33-24(32)22-12(2)28-25(35-22)29-19(13-4-6-14(26)7-5-13)18-20(30)16-11-15(27)8-9-17(16)34-21(18)23(29)31/h3-9,11,19H,1,10H2,2H3. The SMILES string of the molecule is C=CCOC(=O)c1sc(N2C(=O)c3oc4ccc(F)cc4c(=O)c3C2c2ccc(Cl)cc2)nc1C. The molecule has 0 bridgehead atoms. The Balaban J connectivity index is 1.72. The van der Waals surface area contributed by atoms with Crippen LogP contribution in [0.15, 0.2) is 64.3 Å². The van der Waals surface area contributed by atoms with E-state index in [1.807, 2.05) is 0 Å². The van der Waals surface area contributed by atoms with E-state index in [-0.39, 0.29) is 38.9 Å². The van der Waals surface area contributed by atoms with Crippen molar-refractivity contribution in [3.8, 4) is 0 Å². The second-order valence-corrected chi connectivity index (χ2v) is 9.16. The van der Waals surface area contributed by atoms with Gasteiger partial charge in [-0.15, -0.1) is 0 Å². The van der Waals surface area contributed by atoms with E-state index in [1.165, 1.54) is 17.0 Å². The number of esters is 1. The molecule has 0 spiro atoms. The Morgan fingerprint density at radius 2 is 2.03 bits per heavy atom. The summed E-state index contributed by atoms with van der Waals surface area (Å²) in [5.41, 5.74) is 0.538. The number of hydrogen-bond donors (Lipinski definition) is 0. The highest BCUT2D eigenvalue weighted by Gasteiger charge is 2.45. The predicted octanol–water partition coefficient (Wildman–Crippen LogP) is 5.44. The van der Waals surface area contributed by atoms with Crippen LogP contribution in [-0.2, 0) is 4.74 Å². The van der Waals surface area contributed by atoms with Crippen LogP contribution in [0.25, 0.3) is 11.0 Å². The number of fused-ring (bicyclic) bond motifs is 2. The van der Waals surface area contributed by atoms with Gasteiger partial charge in [0.05, 0.1) is 22.7 Å². The van der Waals surface area contributed by atoms with Crippen LogP contribution in [0.2, 0.25) is 5.02 Å². The van der Waals surface area contributed by atoms with Gasteiger partial charge in [-0.3, -0.25) is 14.5 Å². The number of carbonyl (C=O) groups is 2. The molecule has 2 aromatic heterocycles. The van der Waals surface area contributed by atoms with Crippen LogP contribution in [0.1, 0.15) is 43.1 Å². The first-order chi connectivity index (χ1) is 16.8. The lowest BCUT2D eigenvalue weighted by atomic mass is 9.99.